The Labute approximate surface area is 113 Å². The van der Waals surface area contributed by atoms with Gasteiger partial charge in [-0.05, 0) is 31.4 Å². The summed E-state index contributed by atoms with van der Waals surface area (Å²) in [5.74, 6) is -1.98. The van der Waals surface area contributed by atoms with Crippen molar-refractivity contribution >= 4 is 5.78 Å². The molecule has 1 aromatic rings. The van der Waals surface area contributed by atoms with Gasteiger partial charge in [-0.25, -0.2) is 8.78 Å². The first kappa shape index (κ1) is 14.2. The van der Waals surface area contributed by atoms with Gasteiger partial charge in [0.15, 0.2) is 5.78 Å². The number of Topliss-reactive ketones (excluding diaryl/α,β-unsaturated/α-hetero) is 1. The van der Waals surface area contributed by atoms with Crippen molar-refractivity contribution in [2.75, 3.05) is 0 Å². The van der Waals surface area contributed by atoms with Crippen molar-refractivity contribution in [3.63, 3.8) is 0 Å². The summed E-state index contributed by atoms with van der Waals surface area (Å²) < 4.78 is 27.7. The largest absolute Gasteiger partial charge is 0.294 e. The van der Waals surface area contributed by atoms with Crippen molar-refractivity contribution in [3.05, 3.63) is 34.9 Å². The van der Waals surface area contributed by atoms with Gasteiger partial charge in [0.1, 0.15) is 11.6 Å². The summed E-state index contributed by atoms with van der Waals surface area (Å²) in [5, 5.41) is 0. The highest BCUT2D eigenvalue weighted by Gasteiger charge is 2.26. The Balaban J connectivity index is 2.25. The Hall–Kier alpha value is -1.25. The normalized spacial score (nSPS) is 17.8. The number of hydrogen-bond acceptors (Lipinski definition) is 1. The van der Waals surface area contributed by atoms with E-state index in [0.717, 1.165) is 38.5 Å². The number of benzene rings is 1. The molecule has 1 saturated carbocycles. The molecule has 1 aliphatic rings. The summed E-state index contributed by atoms with van der Waals surface area (Å²) in [4.78, 5) is 12.4. The van der Waals surface area contributed by atoms with E-state index in [1.165, 1.54) is 18.6 Å². The van der Waals surface area contributed by atoms with Crippen LogP contribution in [0.25, 0.3) is 0 Å². The Bertz CT molecular complexity index is 460. The molecule has 0 bridgehead atoms. The quantitative estimate of drug-likeness (QED) is 0.702. The van der Waals surface area contributed by atoms with Crippen molar-refractivity contribution in [2.24, 2.45) is 5.92 Å². The second-order valence-electron chi connectivity index (χ2n) is 5.46. The lowest BCUT2D eigenvalue weighted by molar-refractivity contribution is 0.0889. The second kappa shape index (κ2) is 6.27. The first-order chi connectivity index (χ1) is 9.11. The Morgan fingerprint density at radius 3 is 2.26 bits per heavy atom. The third-order valence-electron chi connectivity index (χ3n) is 4.01. The molecule has 2 rings (SSSR count). The van der Waals surface area contributed by atoms with Crippen LogP contribution in [0.15, 0.2) is 12.1 Å². The molecule has 0 atom stereocenters. The lowest BCUT2D eigenvalue weighted by atomic mass is 9.85. The molecule has 3 heteroatoms. The minimum Gasteiger partial charge on any atom is -0.294 e. The molecule has 0 radical (unpaired) electrons. The highest BCUT2D eigenvalue weighted by atomic mass is 19.1. The van der Waals surface area contributed by atoms with Gasteiger partial charge in [-0.2, -0.15) is 0 Å². The van der Waals surface area contributed by atoms with E-state index < -0.39 is 11.6 Å². The first-order valence-corrected chi connectivity index (χ1v) is 7.10. The van der Waals surface area contributed by atoms with E-state index in [0.29, 0.717) is 5.56 Å². The summed E-state index contributed by atoms with van der Waals surface area (Å²) >= 11 is 0. The summed E-state index contributed by atoms with van der Waals surface area (Å²) in [6, 6.07) is 2.56. The summed E-state index contributed by atoms with van der Waals surface area (Å²) in [6.45, 7) is 1.56. The van der Waals surface area contributed by atoms with E-state index in [9.17, 15) is 13.6 Å². The fourth-order valence-electron chi connectivity index (χ4n) is 2.80. The third-order valence-corrected chi connectivity index (χ3v) is 4.01. The molecular formula is C16H20F2O. The molecule has 1 aliphatic carbocycles. The maximum absolute atomic E-state index is 14.0. The number of hydrogen-bond donors (Lipinski definition) is 0. The van der Waals surface area contributed by atoms with Gasteiger partial charge in [0.2, 0.25) is 0 Å². The van der Waals surface area contributed by atoms with Crippen LogP contribution in [0, 0.1) is 24.5 Å². The van der Waals surface area contributed by atoms with Gasteiger partial charge in [0, 0.05) is 5.92 Å². The van der Waals surface area contributed by atoms with Crippen molar-refractivity contribution in [1.29, 1.82) is 0 Å². The molecule has 0 saturated heterocycles. The number of carbonyl (C=O) groups excluding carboxylic acids is 1. The fraction of sp³-hybridized carbons (Fsp3) is 0.562. The topological polar surface area (TPSA) is 17.1 Å². The Morgan fingerprint density at radius 1 is 1.05 bits per heavy atom. The van der Waals surface area contributed by atoms with Crippen LogP contribution in [0.4, 0.5) is 8.78 Å². The predicted molar refractivity (Wildman–Crippen MR) is 71.2 cm³/mol. The maximum Gasteiger partial charge on any atom is 0.171 e. The SMILES string of the molecule is Cc1ccc(F)c(C(=O)C2CCCCCCC2)c1F. The van der Waals surface area contributed by atoms with E-state index in [1.54, 1.807) is 6.92 Å². The highest BCUT2D eigenvalue weighted by molar-refractivity contribution is 5.98. The first-order valence-electron chi connectivity index (χ1n) is 7.10. The van der Waals surface area contributed by atoms with Gasteiger partial charge in [-0.1, -0.05) is 38.2 Å². The predicted octanol–water partition coefficient (Wildman–Crippen LogP) is 4.82. The molecule has 1 aromatic carbocycles. The number of ketones is 1. The monoisotopic (exact) mass is 266 g/mol. The van der Waals surface area contributed by atoms with Crippen LogP contribution < -0.4 is 0 Å². The summed E-state index contributed by atoms with van der Waals surface area (Å²) in [5.41, 5.74) is 0.00108. The van der Waals surface area contributed by atoms with Crippen LogP contribution in [0.2, 0.25) is 0 Å². The van der Waals surface area contributed by atoms with Gasteiger partial charge in [-0.3, -0.25) is 4.79 Å². The molecule has 0 heterocycles. The number of carbonyl (C=O) groups is 1. The average Bonchev–Trinajstić information content (AvgIpc) is 2.34. The zero-order valence-electron chi connectivity index (χ0n) is 11.3. The van der Waals surface area contributed by atoms with Crippen molar-refractivity contribution in [2.45, 2.75) is 51.9 Å². The lowest BCUT2D eigenvalue weighted by Crippen LogP contribution is -2.19. The number of halogens is 2. The van der Waals surface area contributed by atoms with Crippen molar-refractivity contribution in [1.82, 2.24) is 0 Å². The van der Waals surface area contributed by atoms with Crippen molar-refractivity contribution < 1.29 is 13.6 Å². The van der Waals surface area contributed by atoms with Gasteiger partial charge in [0.05, 0.1) is 5.56 Å². The van der Waals surface area contributed by atoms with E-state index >= 15 is 0 Å². The van der Waals surface area contributed by atoms with Crippen LogP contribution in [0.5, 0.6) is 0 Å². The molecule has 1 nitrogen and oxygen atoms in total. The van der Waals surface area contributed by atoms with Gasteiger partial charge in [-0.15, -0.1) is 0 Å². The average molecular weight is 266 g/mol. The molecule has 0 aromatic heterocycles. The van der Waals surface area contributed by atoms with Crippen LogP contribution in [-0.4, -0.2) is 5.78 Å². The molecule has 0 aliphatic heterocycles. The van der Waals surface area contributed by atoms with E-state index in [1.807, 2.05) is 0 Å². The third kappa shape index (κ3) is 3.20. The molecule has 1 fully saturated rings. The molecule has 0 unspecified atom stereocenters. The fourth-order valence-corrected chi connectivity index (χ4v) is 2.80. The molecular weight excluding hydrogens is 246 g/mol. The smallest absolute Gasteiger partial charge is 0.171 e. The van der Waals surface area contributed by atoms with E-state index in [-0.39, 0.29) is 17.3 Å². The van der Waals surface area contributed by atoms with Gasteiger partial charge >= 0.3 is 0 Å². The van der Waals surface area contributed by atoms with Crippen LogP contribution in [-0.2, 0) is 0 Å². The van der Waals surface area contributed by atoms with E-state index in [2.05, 4.69) is 0 Å². The molecule has 0 spiro atoms. The zero-order chi connectivity index (χ0) is 13.8. The van der Waals surface area contributed by atoms with Crippen molar-refractivity contribution in [3.8, 4) is 0 Å². The minimum atomic E-state index is -0.727. The van der Waals surface area contributed by atoms with Crippen LogP contribution in [0.3, 0.4) is 0 Å². The minimum absolute atomic E-state index is 0.217. The summed E-state index contributed by atoms with van der Waals surface area (Å²) in [6.07, 6.45) is 6.90. The molecule has 0 N–H and O–H groups in total. The number of rotatable bonds is 2. The van der Waals surface area contributed by atoms with Gasteiger partial charge < -0.3 is 0 Å². The van der Waals surface area contributed by atoms with Gasteiger partial charge in [0.25, 0.3) is 0 Å². The van der Waals surface area contributed by atoms with Crippen LogP contribution >= 0.6 is 0 Å². The summed E-state index contributed by atoms with van der Waals surface area (Å²) in [7, 11) is 0. The Kier molecular flexibility index (Phi) is 4.67. The Morgan fingerprint density at radius 2 is 1.63 bits per heavy atom. The standard InChI is InChI=1S/C16H20F2O/c1-11-9-10-13(17)14(15(11)18)16(19)12-7-5-3-2-4-6-8-12/h9-10,12H,2-8H2,1H3. The van der Waals surface area contributed by atoms with Crippen LogP contribution in [0.1, 0.15) is 60.9 Å². The molecule has 0 amide bonds. The molecule has 104 valence electrons. The molecule has 19 heavy (non-hydrogen) atoms. The number of aryl methyl sites for hydroxylation is 1. The zero-order valence-corrected chi connectivity index (χ0v) is 11.3. The lowest BCUT2D eigenvalue weighted by Gasteiger charge is -2.19. The second-order valence-corrected chi connectivity index (χ2v) is 5.46. The van der Waals surface area contributed by atoms with E-state index in [4.69, 9.17) is 0 Å². The highest BCUT2D eigenvalue weighted by Crippen LogP contribution is 2.28. The maximum atomic E-state index is 14.0.